The summed E-state index contributed by atoms with van der Waals surface area (Å²) in [5.41, 5.74) is 0.590. The summed E-state index contributed by atoms with van der Waals surface area (Å²) >= 11 is 0. The topological polar surface area (TPSA) is 15.3 Å². The molecule has 3 rings (SSSR count). The Bertz CT molecular complexity index is 299. The minimum Gasteiger partial charge on any atom is -0.313 e. The third-order valence-corrected chi connectivity index (χ3v) is 5.79. The quantitative estimate of drug-likeness (QED) is 0.726. The maximum atomic E-state index is 3.86. The van der Waals surface area contributed by atoms with E-state index in [9.17, 15) is 0 Å². The minimum atomic E-state index is 0.590. The van der Waals surface area contributed by atoms with Crippen LogP contribution in [0, 0.1) is 11.3 Å². The Morgan fingerprint density at radius 1 is 1.05 bits per heavy atom. The first-order valence-electron chi connectivity index (χ1n) is 9.18. The molecule has 3 saturated carbocycles. The first-order valence-corrected chi connectivity index (χ1v) is 9.18. The Morgan fingerprint density at radius 3 is 2.30 bits per heavy atom. The van der Waals surface area contributed by atoms with Crippen LogP contribution in [0.1, 0.15) is 71.6 Å². The Hall–Kier alpha value is -0.0800. The summed E-state index contributed by atoms with van der Waals surface area (Å²) in [6.07, 6.45) is 12.9. The fourth-order valence-electron chi connectivity index (χ4n) is 3.96. The van der Waals surface area contributed by atoms with Crippen molar-refractivity contribution < 1.29 is 0 Å². The van der Waals surface area contributed by atoms with Gasteiger partial charge in [-0.1, -0.05) is 26.7 Å². The molecule has 0 saturated heterocycles. The lowest BCUT2D eigenvalue weighted by molar-refractivity contribution is 0.0816. The first kappa shape index (κ1) is 14.8. The summed E-state index contributed by atoms with van der Waals surface area (Å²) in [6, 6.07) is 1.80. The van der Waals surface area contributed by atoms with E-state index in [0.29, 0.717) is 5.41 Å². The molecule has 0 aromatic carbocycles. The molecule has 0 aromatic heterocycles. The Morgan fingerprint density at radius 2 is 1.75 bits per heavy atom. The number of nitrogens with one attached hydrogen (secondary N) is 1. The van der Waals surface area contributed by atoms with Gasteiger partial charge in [-0.15, -0.1) is 0 Å². The van der Waals surface area contributed by atoms with Gasteiger partial charge in [-0.05, 0) is 62.8 Å². The van der Waals surface area contributed by atoms with Crippen molar-refractivity contribution in [3.8, 4) is 0 Å². The molecule has 1 N–H and O–H groups in total. The zero-order valence-electron chi connectivity index (χ0n) is 13.7. The number of rotatable bonds is 8. The highest BCUT2D eigenvalue weighted by Crippen LogP contribution is 2.41. The zero-order chi connectivity index (χ0) is 14.0. The van der Waals surface area contributed by atoms with Gasteiger partial charge in [-0.2, -0.15) is 0 Å². The predicted molar refractivity (Wildman–Crippen MR) is 86.0 cm³/mol. The van der Waals surface area contributed by atoms with E-state index in [-0.39, 0.29) is 0 Å². The van der Waals surface area contributed by atoms with Crippen molar-refractivity contribution in [3.63, 3.8) is 0 Å². The molecule has 116 valence electrons. The molecule has 3 aliphatic carbocycles. The van der Waals surface area contributed by atoms with E-state index in [1.807, 2.05) is 0 Å². The molecular formula is C18H34N2. The number of hydrogen-bond donors (Lipinski definition) is 1. The Kier molecular flexibility index (Phi) is 4.72. The van der Waals surface area contributed by atoms with Crippen LogP contribution in [0.4, 0.5) is 0 Å². The van der Waals surface area contributed by atoms with Crippen LogP contribution in [0.25, 0.3) is 0 Å². The summed E-state index contributed by atoms with van der Waals surface area (Å²) in [6.45, 7) is 8.77. The van der Waals surface area contributed by atoms with Crippen molar-refractivity contribution in [2.45, 2.75) is 83.7 Å². The molecule has 0 unspecified atom stereocenters. The lowest BCUT2D eigenvalue weighted by Crippen LogP contribution is -2.47. The molecule has 0 amide bonds. The molecule has 0 radical (unpaired) electrons. The van der Waals surface area contributed by atoms with Crippen molar-refractivity contribution in [2.75, 3.05) is 19.6 Å². The highest BCUT2D eigenvalue weighted by atomic mass is 15.2. The van der Waals surface area contributed by atoms with Gasteiger partial charge in [0.2, 0.25) is 0 Å². The van der Waals surface area contributed by atoms with Crippen LogP contribution < -0.4 is 5.32 Å². The van der Waals surface area contributed by atoms with Crippen molar-refractivity contribution in [1.29, 1.82) is 0 Å². The molecule has 3 fully saturated rings. The van der Waals surface area contributed by atoms with Gasteiger partial charge in [-0.3, -0.25) is 4.90 Å². The first-order chi connectivity index (χ1) is 9.71. The highest BCUT2D eigenvalue weighted by molar-refractivity contribution is 4.95. The Labute approximate surface area is 125 Å². The van der Waals surface area contributed by atoms with Gasteiger partial charge in [0.1, 0.15) is 0 Å². The lowest BCUT2D eigenvalue weighted by atomic mass is 9.70. The minimum absolute atomic E-state index is 0.590. The highest BCUT2D eigenvalue weighted by Gasteiger charge is 2.40. The van der Waals surface area contributed by atoms with Crippen molar-refractivity contribution >= 4 is 0 Å². The van der Waals surface area contributed by atoms with Gasteiger partial charge < -0.3 is 5.32 Å². The molecule has 20 heavy (non-hydrogen) atoms. The second kappa shape index (κ2) is 6.36. The molecule has 2 nitrogen and oxygen atoms in total. The third-order valence-electron chi connectivity index (χ3n) is 5.79. The normalized spacial score (nSPS) is 34.6. The number of hydrogen-bond acceptors (Lipinski definition) is 2. The van der Waals surface area contributed by atoms with E-state index < -0.39 is 0 Å². The molecule has 0 aromatic rings. The molecule has 2 heteroatoms. The third kappa shape index (κ3) is 3.98. The van der Waals surface area contributed by atoms with Gasteiger partial charge in [0, 0.05) is 25.2 Å². The fraction of sp³-hybridized carbons (Fsp3) is 1.00. The van der Waals surface area contributed by atoms with Crippen LogP contribution in [-0.2, 0) is 0 Å². The van der Waals surface area contributed by atoms with Gasteiger partial charge in [0.05, 0.1) is 0 Å². The van der Waals surface area contributed by atoms with Crippen LogP contribution in [-0.4, -0.2) is 36.6 Å². The molecule has 0 spiro atoms. The average Bonchev–Trinajstić information content (AvgIpc) is 3.31. The largest absolute Gasteiger partial charge is 0.313 e. The predicted octanol–water partition coefficient (Wildman–Crippen LogP) is 3.81. The maximum absolute atomic E-state index is 3.86. The molecule has 0 atom stereocenters. The van der Waals surface area contributed by atoms with E-state index in [1.165, 1.54) is 77.4 Å². The zero-order valence-corrected chi connectivity index (χ0v) is 13.7. The smallest absolute Gasteiger partial charge is 0.00966 e. The average molecular weight is 278 g/mol. The van der Waals surface area contributed by atoms with Gasteiger partial charge >= 0.3 is 0 Å². The summed E-state index contributed by atoms with van der Waals surface area (Å²) < 4.78 is 0. The SMILES string of the molecule is CCCN(CC1(CNC2CC2)CCC(C)CC1)C1CC1. The molecular weight excluding hydrogens is 244 g/mol. The standard InChI is InChI=1S/C18H34N2/c1-3-12-20(17-6-7-17)14-18(13-19-16-4-5-16)10-8-15(2)9-11-18/h15-17,19H,3-14H2,1-2H3. The van der Waals surface area contributed by atoms with E-state index in [0.717, 1.165) is 18.0 Å². The maximum Gasteiger partial charge on any atom is 0.00966 e. The molecule has 0 aliphatic heterocycles. The summed E-state index contributed by atoms with van der Waals surface area (Å²) in [5.74, 6) is 0.963. The van der Waals surface area contributed by atoms with Crippen LogP contribution >= 0.6 is 0 Å². The van der Waals surface area contributed by atoms with Crippen LogP contribution in [0.5, 0.6) is 0 Å². The fourth-order valence-corrected chi connectivity index (χ4v) is 3.96. The number of nitrogens with zero attached hydrogens (tertiary/aromatic N) is 1. The van der Waals surface area contributed by atoms with Crippen LogP contribution in [0.3, 0.4) is 0 Å². The van der Waals surface area contributed by atoms with Gasteiger partial charge in [-0.25, -0.2) is 0 Å². The van der Waals surface area contributed by atoms with Gasteiger partial charge in [0.15, 0.2) is 0 Å². The van der Waals surface area contributed by atoms with Crippen molar-refractivity contribution in [3.05, 3.63) is 0 Å². The van der Waals surface area contributed by atoms with Crippen LogP contribution in [0.15, 0.2) is 0 Å². The second-order valence-electron chi connectivity index (χ2n) is 8.04. The Balaban J connectivity index is 1.60. The molecule has 0 heterocycles. The van der Waals surface area contributed by atoms with E-state index in [4.69, 9.17) is 0 Å². The lowest BCUT2D eigenvalue weighted by Gasteiger charge is -2.43. The molecule has 0 bridgehead atoms. The molecule has 3 aliphatic rings. The van der Waals surface area contributed by atoms with Crippen molar-refractivity contribution in [1.82, 2.24) is 10.2 Å². The summed E-state index contributed by atoms with van der Waals surface area (Å²) in [4.78, 5) is 2.84. The van der Waals surface area contributed by atoms with E-state index >= 15 is 0 Å². The summed E-state index contributed by atoms with van der Waals surface area (Å²) in [7, 11) is 0. The monoisotopic (exact) mass is 278 g/mol. The second-order valence-corrected chi connectivity index (χ2v) is 8.04. The van der Waals surface area contributed by atoms with E-state index in [2.05, 4.69) is 24.1 Å². The van der Waals surface area contributed by atoms with E-state index in [1.54, 1.807) is 0 Å². The van der Waals surface area contributed by atoms with Crippen molar-refractivity contribution in [2.24, 2.45) is 11.3 Å². The van der Waals surface area contributed by atoms with Gasteiger partial charge in [0.25, 0.3) is 0 Å². The summed E-state index contributed by atoms with van der Waals surface area (Å²) in [5, 5.41) is 3.86. The van der Waals surface area contributed by atoms with Crippen LogP contribution in [0.2, 0.25) is 0 Å².